The number of thiazole rings is 1. The molecule has 1 aliphatic rings. The summed E-state index contributed by atoms with van der Waals surface area (Å²) in [5.74, 6) is 0. The molecule has 1 aromatic heterocycles. The zero-order chi connectivity index (χ0) is 12.3. The summed E-state index contributed by atoms with van der Waals surface area (Å²) in [7, 11) is 2.08. The number of rotatable bonds is 4. The van der Waals surface area contributed by atoms with Gasteiger partial charge in [0.15, 0.2) is 0 Å². The Balaban J connectivity index is 1.77. The average molecular weight is 253 g/mol. The van der Waals surface area contributed by atoms with Gasteiger partial charge in [0, 0.05) is 17.0 Å². The van der Waals surface area contributed by atoms with Gasteiger partial charge in [0.2, 0.25) is 0 Å². The number of hydrogen-bond acceptors (Lipinski definition) is 4. The third kappa shape index (κ3) is 3.27. The van der Waals surface area contributed by atoms with E-state index in [0.29, 0.717) is 5.54 Å². The smallest absolute Gasteiger partial charge is 0.0797 e. The highest BCUT2D eigenvalue weighted by atomic mass is 32.1. The Labute approximate surface area is 108 Å². The van der Waals surface area contributed by atoms with Crippen molar-refractivity contribution in [2.75, 3.05) is 26.7 Å². The first-order valence-corrected chi connectivity index (χ1v) is 7.31. The van der Waals surface area contributed by atoms with Crippen LogP contribution in [0.15, 0.2) is 5.51 Å². The Morgan fingerprint density at radius 3 is 2.71 bits per heavy atom. The van der Waals surface area contributed by atoms with E-state index in [-0.39, 0.29) is 0 Å². The highest BCUT2D eigenvalue weighted by molar-refractivity contribution is 7.09. The molecule has 96 valence electrons. The second-order valence-corrected chi connectivity index (χ2v) is 6.20. The molecule has 0 saturated carbocycles. The molecular formula is C13H23N3S. The molecule has 1 saturated heterocycles. The Morgan fingerprint density at radius 1 is 1.47 bits per heavy atom. The second-order valence-electron chi connectivity index (χ2n) is 5.26. The fraction of sp³-hybridized carbons (Fsp3) is 0.769. The first-order chi connectivity index (χ1) is 8.13. The summed E-state index contributed by atoms with van der Waals surface area (Å²) >= 11 is 1.79. The van der Waals surface area contributed by atoms with Gasteiger partial charge in [-0.25, -0.2) is 4.98 Å². The number of nitrogens with one attached hydrogen (secondary N) is 1. The molecule has 0 atom stereocenters. The van der Waals surface area contributed by atoms with Crippen LogP contribution >= 0.6 is 11.3 Å². The minimum Gasteiger partial charge on any atom is -0.314 e. The maximum atomic E-state index is 4.31. The maximum Gasteiger partial charge on any atom is 0.0797 e. The van der Waals surface area contributed by atoms with Crippen LogP contribution in [-0.2, 0) is 6.42 Å². The lowest BCUT2D eigenvalue weighted by Crippen LogP contribution is -2.50. The van der Waals surface area contributed by atoms with Crippen molar-refractivity contribution in [3.05, 3.63) is 16.1 Å². The first kappa shape index (κ1) is 13.0. The van der Waals surface area contributed by atoms with E-state index in [1.807, 2.05) is 5.51 Å². The van der Waals surface area contributed by atoms with Crippen molar-refractivity contribution in [1.29, 1.82) is 0 Å². The zero-order valence-electron chi connectivity index (χ0n) is 11.1. The topological polar surface area (TPSA) is 28.2 Å². The second kappa shape index (κ2) is 5.46. The monoisotopic (exact) mass is 253 g/mol. The quantitative estimate of drug-likeness (QED) is 0.890. The normalized spacial score (nSPS) is 20.6. The molecule has 1 aliphatic heterocycles. The number of piperidine rings is 1. The van der Waals surface area contributed by atoms with Crippen molar-refractivity contribution in [3.63, 3.8) is 0 Å². The number of nitrogens with zero attached hydrogens (tertiary/aromatic N) is 2. The SMILES string of the molecule is CNC1(C)CCN(CCc2scnc2C)CC1. The van der Waals surface area contributed by atoms with Gasteiger partial charge in [0.1, 0.15) is 0 Å². The largest absolute Gasteiger partial charge is 0.314 e. The summed E-state index contributed by atoms with van der Waals surface area (Å²) in [5.41, 5.74) is 3.53. The molecule has 2 rings (SSSR count). The van der Waals surface area contributed by atoms with Crippen LogP contribution in [-0.4, -0.2) is 42.1 Å². The van der Waals surface area contributed by atoms with Crippen LogP contribution in [0, 0.1) is 6.92 Å². The standard InChI is InChI=1S/C13H23N3S/c1-11-12(17-10-15-11)4-7-16-8-5-13(2,14-3)6-9-16/h10,14H,4-9H2,1-3H3. The summed E-state index contributed by atoms with van der Waals surface area (Å²) in [6.45, 7) is 8.06. The molecule has 0 radical (unpaired) electrons. The number of aryl methyl sites for hydroxylation is 1. The van der Waals surface area contributed by atoms with Crippen molar-refractivity contribution in [3.8, 4) is 0 Å². The minimum atomic E-state index is 0.358. The van der Waals surface area contributed by atoms with E-state index in [2.05, 4.69) is 36.1 Å². The summed E-state index contributed by atoms with van der Waals surface area (Å²) in [6.07, 6.45) is 3.67. The van der Waals surface area contributed by atoms with E-state index in [1.165, 1.54) is 43.0 Å². The third-order valence-electron chi connectivity index (χ3n) is 4.06. The Hall–Kier alpha value is -0.450. The molecule has 0 bridgehead atoms. The molecule has 0 spiro atoms. The van der Waals surface area contributed by atoms with Gasteiger partial charge >= 0.3 is 0 Å². The number of hydrogen-bond donors (Lipinski definition) is 1. The molecule has 3 nitrogen and oxygen atoms in total. The number of aromatic nitrogens is 1. The molecule has 0 amide bonds. The Morgan fingerprint density at radius 2 is 2.18 bits per heavy atom. The van der Waals surface area contributed by atoms with E-state index >= 15 is 0 Å². The van der Waals surface area contributed by atoms with E-state index in [0.717, 1.165) is 6.42 Å². The predicted octanol–water partition coefficient (Wildman–Crippen LogP) is 2.07. The Kier molecular flexibility index (Phi) is 4.17. The van der Waals surface area contributed by atoms with E-state index in [1.54, 1.807) is 11.3 Å². The van der Waals surface area contributed by atoms with Crippen LogP contribution in [0.4, 0.5) is 0 Å². The van der Waals surface area contributed by atoms with E-state index in [9.17, 15) is 0 Å². The van der Waals surface area contributed by atoms with Crippen LogP contribution in [0.3, 0.4) is 0 Å². The first-order valence-electron chi connectivity index (χ1n) is 6.43. The van der Waals surface area contributed by atoms with Crippen molar-refractivity contribution < 1.29 is 0 Å². The van der Waals surface area contributed by atoms with Gasteiger partial charge in [0.25, 0.3) is 0 Å². The summed E-state index contributed by atoms with van der Waals surface area (Å²) < 4.78 is 0. The van der Waals surface area contributed by atoms with E-state index in [4.69, 9.17) is 0 Å². The highest BCUT2D eigenvalue weighted by Gasteiger charge is 2.27. The summed E-state index contributed by atoms with van der Waals surface area (Å²) in [6, 6.07) is 0. The average Bonchev–Trinajstić information content (AvgIpc) is 2.74. The Bertz CT molecular complexity index is 353. The van der Waals surface area contributed by atoms with E-state index < -0.39 is 0 Å². The zero-order valence-corrected chi connectivity index (χ0v) is 11.9. The fourth-order valence-electron chi connectivity index (χ4n) is 2.35. The lowest BCUT2D eigenvalue weighted by molar-refractivity contribution is 0.154. The molecule has 0 aliphatic carbocycles. The molecule has 4 heteroatoms. The van der Waals surface area contributed by atoms with Gasteiger partial charge in [-0.05, 0) is 53.2 Å². The van der Waals surface area contributed by atoms with Crippen molar-refractivity contribution in [2.45, 2.75) is 38.6 Å². The van der Waals surface area contributed by atoms with Crippen LogP contribution < -0.4 is 5.32 Å². The molecule has 1 aromatic rings. The number of likely N-dealkylation sites (tertiary alicyclic amines) is 1. The summed E-state index contributed by atoms with van der Waals surface area (Å²) in [5, 5.41) is 3.45. The van der Waals surface area contributed by atoms with Crippen LogP contribution in [0.5, 0.6) is 0 Å². The fourth-order valence-corrected chi connectivity index (χ4v) is 3.12. The molecule has 0 unspecified atom stereocenters. The van der Waals surface area contributed by atoms with Gasteiger partial charge in [0.05, 0.1) is 11.2 Å². The van der Waals surface area contributed by atoms with Crippen LogP contribution in [0.2, 0.25) is 0 Å². The van der Waals surface area contributed by atoms with Crippen molar-refractivity contribution in [2.24, 2.45) is 0 Å². The lowest BCUT2D eigenvalue weighted by atomic mass is 9.90. The van der Waals surface area contributed by atoms with Gasteiger partial charge < -0.3 is 10.2 Å². The molecule has 0 aromatic carbocycles. The summed E-state index contributed by atoms with van der Waals surface area (Å²) in [4.78, 5) is 8.34. The molecule has 2 heterocycles. The van der Waals surface area contributed by atoms with Gasteiger partial charge in [-0.15, -0.1) is 11.3 Å². The van der Waals surface area contributed by atoms with Crippen LogP contribution in [0.25, 0.3) is 0 Å². The maximum absolute atomic E-state index is 4.31. The molecule has 1 fully saturated rings. The minimum absolute atomic E-state index is 0.358. The van der Waals surface area contributed by atoms with Crippen LogP contribution in [0.1, 0.15) is 30.3 Å². The van der Waals surface area contributed by atoms with Crippen molar-refractivity contribution in [1.82, 2.24) is 15.2 Å². The van der Waals surface area contributed by atoms with Gasteiger partial charge in [-0.2, -0.15) is 0 Å². The predicted molar refractivity (Wildman–Crippen MR) is 73.7 cm³/mol. The van der Waals surface area contributed by atoms with Gasteiger partial charge in [-0.3, -0.25) is 0 Å². The van der Waals surface area contributed by atoms with Gasteiger partial charge in [-0.1, -0.05) is 0 Å². The molecule has 1 N–H and O–H groups in total. The molecule has 17 heavy (non-hydrogen) atoms. The molecular weight excluding hydrogens is 230 g/mol. The van der Waals surface area contributed by atoms with Crippen molar-refractivity contribution >= 4 is 11.3 Å². The lowest BCUT2D eigenvalue weighted by Gasteiger charge is -2.39. The highest BCUT2D eigenvalue weighted by Crippen LogP contribution is 2.21. The third-order valence-corrected chi connectivity index (χ3v) is 5.06.